The molecule has 5 nitrogen and oxygen atoms in total. The molecule has 1 amide bonds. The monoisotopic (exact) mass is 361 g/mol. The fourth-order valence-corrected chi connectivity index (χ4v) is 2.51. The standard InChI is InChI=1S/C22H23N3O2/c1-22(2,3)19-8-10-20(11-9-19)27-16-17-4-6-18(7-5-17)21(26)25(14-12-23)15-13-24/h4-11H,14-16H2,1-3H3. The third-order valence-electron chi connectivity index (χ3n) is 4.14. The molecule has 0 bridgehead atoms. The number of benzene rings is 2. The molecule has 0 aliphatic heterocycles. The van der Waals surface area contributed by atoms with Crippen LogP contribution in [0.2, 0.25) is 0 Å². The second kappa shape index (κ2) is 8.87. The smallest absolute Gasteiger partial charge is 0.255 e. The maximum absolute atomic E-state index is 12.3. The van der Waals surface area contributed by atoms with Crippen molar-refractivity contribution in [2.24, 2.45) is 0 Å². The predicted molar refractivity (Wildman–Crippen MR) is 103 cm³/mol. The topological polar surface area (TPSA) is 77.1 Å². The molecule has 0 fully saturated rings. The van der Waals surface area contributed by atoms with Crippen LogP contribution in [-0.4, -0.2) is 23.9 Å². The average molecular weight is 361 g/mol. The average Bonchev–Trinajstić information content (AvgIpc) is 2.66. The van der Waals surface area contributed by atoms with E-state index < -0.39 is 0 Å². The summed E-state index contributed by atoms with van der Waals surface area (Å²) >= 11 is 0. The van der Waals surface area contributed by atoms with Gasteiger partial charge in [0, 0.05) is 5.56 Å². The van der Waals surface area contributed by atoms with Crippen molar-refractivity contribution in [3.63, 3.8) is 0 Å². The van der Waals surface area contributed by atoms with Gasteiger partial charge in [0.2, 0.25) is 0 Å². The number of nitrogens with zero attached hydrogens (tertiary/aromatic N) is 3. The highest BCUT2D eigenvalue weighted by atomic mass is 16.5. The molecular weight excluding hydrogens is 338 g/mol. The summed E-state index contributed by atoms with van der Waals surface area (Å²) in [6.07, 6.45) is 0. The summed E-state index contributed by atoms with van der Waals surface area (Å²) in [7, 11) is 0. The molecule has 2 aromatic rings. The van der Waals surface area contributed by atoms with Crippen LogP contribution < -0.4 is 4.74 Å². The number of carbonyl (C=O) groups is 1. The summed E-state index contributed by atoms with van der Waals surface area (Å²) in [5.41, 5.74) is 2.72. The Morgan fingerprint density at radius 1 is 0.963 bits per heavy atom. The first kappa shape index (κ1) is 20.0. The lowest BCUT2D eigenvalue weighted by Gasteiger charge is -2.19. The zero-order valence-electron chi connectivity index (χ0n) is 15.9. The van der Waals surface area contributed by atoms with Crippen LogP contribution in [0.25, 0.3) is 0 Å². The maximum Gasteiger partial charge on any atom is 0.255 e. The molecule has 0 aliphatic rings. The van der Waals surface area contributed by atoms with Gasteiger partial charge in [0.25, 0.3) is 5.91 Å². The lowest BCUT2D eigenvalue weighted by molar-refractivity contribution is 0.0794. The van der Waals surface area contributed by atoms with Crippen molar-refractivity contribution in [3.05, 3.63) is 65.2 Å². The fraction of sp³-hybridized carbons (Fsp3) is 0.318. The molecule has 2 aromatic carbocycles. The minimum absolute atomic E-state index is 0.103. The van der Waals surface area contributed by atoms with Crippen molar-refractivity contribution >= 4 is 5.91 Å². The molecule has 138 valence electrons. The number of carbonyl (C=O) groups excluding carboxylic acids is 1. The predicted octanol–water partition coefficient (Wildman–Crippen LogP) is 4.05. The normalized spacial score (nSPS) is 10.6. The molecule has 0 unspecified atom stereocenters. The van der Waals surface area contributed by atoms with Crippen molar-refractivity contribution in [2.45, 2.75) is 32.8 Å². The van der Waals surface area contributed by atoms with Gasteiger partial charge in [0.15, 0.2) is 0 Å². The Balaban J connectivity index is 1.98. The van der Waals surface area contributed by atoms with E-state index in [2.05, 4.69) is 32.9 Å². The summed E-state index contributed by atoms with van der Waals surface area (Å²) in [4.78, 5) is 13.5. The van der Waals surface area contributed by atoms with E-state index in [0.717, 1.165) is 11.3 Å². The van der Waals surface area contributed by atoms with Crippen LogP contribution >= 0.6 is 0 Å². The SMILES string of the molecule is CC(C)(C)c1ccc(OCc2ccc(C(=O)N(CC#N)CC#N)cc2)cc1. The number of ether oxygens (including phenoxy) is 1. The van der Waals surface area contributed by atoms with Gasteiger partial charge in [-0.05, 0) is 40.8 Å². The van der Waals surface area contributed by atoms with Gasteiger partial charge in [-0.25, -0.2) is 0 Å². The van der Waals surface area contributed by atoms with Gasteiger partial charge in [-0.2, -0.15) is 10.5 Å². The molecule has 0 aromatic heterocycles. The summed E-state index contributed by atoms with van der Waals surface area (Å²) in [6.45, 7) is 6.67. The highest BCUT2D eigenvalue weighted by molar-refractivity contribution is 5.94. The number of rotatable bonds is 6. The zero-order chi connectivity index (χ0) is 19.9. The van der Waals surface area contributed by atoms with Gasteiger partial charge in [-0.15, -0.1) is 0 Å². The van der Waals surface area contributed by atoms with E-state index in [9.17, 15) is 4.79 Å². The lowest BCUT2D eigenvalue weighted by atomic mass is 9.87. The van der Waals surface area contributed by atoms with Crippen molar-refractivity contribution in [2.75, 3.05) is 13.1 Å². The van der Waals surface area contributed by atoms with E-state index in [4.69, 9.17) is 15.3 Å². The third kappa shape index (κ3) is 5.59. The van der Waals surface area contributed by atoms with Crippen molar-refractivity contribution < 1.29 is 9.53 Å². The van der Waals surface area contributed by atoms with Crippen LogP contribution in [0, 0.1) is 22.7 Å². The first-order chi connectivity index (χ1) is 12.8. The van der Waals surface area contributed by atoms with Crippen molar-refractivity contribution in [1.29, 1.82) is 10.5 Å². The van der Waals surface area contributed by atoms with Crippen LogP contribution in [0.3, 0.4) is 0 Å². The molecular formula is C22H23N3O2. The van der Waals surface area contributed by atoms with Gasteiger partial charge in [-0.3, -0.25) is 4.79 Å². The molecule has 0 N–H and O–H groups in total. The molecule has 27 heavy (non-hydrogen) atoms. The summed E-state index contributed by atoms with van der Waals surface area (Å²) in [6, 6.07) is 18.8. The highest BCUT2D eigenvalue weighted by Gasteiger charge is 2.15. The molecule has 0 saturated heterocycles. The Morgan fingerprint density at radius 2 is 1.52 bits per heavy atom. The van der Waals surface area contributed by atoms with E-state index >= 15 is 0 Å². The minimum Gasteiger partial charge on any atom is -0.489 e. The quantitative estimate of drug-likeness (QED) is 0.727. The molecule has 0 atom stereocenters. The Kier molecular flexibility index (Phi) is 6.57. The molecule has 2 rings (SSSR count). The molecule has 0 heterocycles. The van der Waals surface area contributed by atoms with Crippen LogP contribution in [0.5, 0.6) is 5.75 Å². The van der Waals surface area contributed by atoms with E-state index in [1.165, 1.54) is 10.5 Å². The Labute approximate surface area is 160 Å². The van der Waals surface area contributed by atoms with Crippen LogP contribution in [0.4, 0.5) is 0 Å². The lowest BCUT2D eigenvalue weighted by Crippen LogP contribution is -2.31. The largest absolute Gasteiger partial charge is 0.489 e. The number of hydrogen-bond acceptors (Lipinski definition) is 4. The summed E-state index contributed by atoms with van der Waals surface area (Å²) in [5.74, 6) is 0.459. The number of hydrogen-bond donors (Lipinski definition) is 0. The second-order valence-electron chi connectivity index (χ2n) is 7.24. The van der Waals surface area contributed by atoms with Crippen molar-refractivity contribution in [3.8, 4) is 17.9 Å². The van der Waals surface area contributed by atoms with Crippen LogP contribution in [0.1, 0.15) is 42.3 Å². The maximum atomic E-state index is 12.3. The zero-order valence-corrected chi connectivity index (χ0v) is 15.9. The van der Waals surface area contributed by atoms with E-state index in [1.807, 2.05) is 36.4 Å². The molecule has 0 saturated carbocycles. The van der Waals surface area contributed by atoms with E-state index in [0.29, 0.717) is 12.2 Å². The Bertz CT molecular complexity index is 835. The van der Waals surface area contributed by atoms with E-state index in [-0.39, 0.29) is 24.4 Å². The van der Waals surface area contributed by atoms with Crippen LogP contribution in [0.15, 0.2) is 48.5 Å². The number of nitriles is 2. The van der Waals surface area contributed by atoms with Gasteiger partial charge in [-0.1, -0.05) is 45.0 Å². The van der Waals surface area contributed by atoms with Gasteiger partial charge >= 0.3 is 0 Å². The fourth-order valence-electron chi connectivity index (χ4n) is 2.51. The first-order valence-electron chi connectivity index (χ1n) is 8.70. The molecule has 5 heteroatoms. The minimum atomic E-state index is -0.330. The van der Waals surface area contributed by atoms with Gasteiger partial charge in [0.05, 0.1) is 12.1 Å². The first-order valence-corrected chi connectivity index (χ1v) is 8.70. The molecule has 0 radical (unpaired) electrons. The second-order valence-corrected chi connectivity index (χ2v) is 7.24. The van der Waals surface area contributed by atoms with Crippen molar-refractivity contribution in [1.82, 2.24) is 4.90 Å². The highest BCUT2D eigenvalue weighted by Crippen LogP contribution is 2.24. The van der Waals surface area contributed by atoms with Gasteiger partial charge < -0.3 is 9.64 Å². The van der Waals surface area contributed by atoms with E-state index in [1.54, 1.807) is 12.1 Å². The summed E-state index contributed by atoms with van der Waals surface area (Å²) < 4.78 is 5.80. The number of amides is 1. The third-order valence-corrected chi connectivity index (χ3v) is 4.14. The van der Waals surface area contributed by atoms with Crippen LogP contribution in [-0.2, 0) is 12.0 Å². The summed E-state index contributed by atoms with van der Waals surface area (Å²) in [5, 5.41) is 17.5. The molecule has 0 spiro atoms. The van der Waals surface area contributed by atoms with Gasteiger partial charge in [0.1, 0.15) is 25.4 Å². The Morgan fingerprint density at radius 3 is 2.00 bits per heavy atom. The molecule has 0 aliphatic carbocycles. The Hall–Kier alpha value is -3.31.